The molecule has 1 aromatic rings. The average Bonchev–Trinajstić information content (AvgIpc) is 2.82. The number of ether oxygens (including phenoxy) is 1. The van der Waals surface area contributed by atoms with Gasteiger partial charge >= 0.3 is 0 Å². The molecule has 0 bridgehead atoms. The maximum atomic E-state index is 13.5. The first-order chi connectivity index (χ1) is 9.81. The van der Waals surface area contributed by atoms with Gasteiger partial charge in [0.25, 0.3) is 0 Å². The van der Waals surface area contributed by atoms with E-state index in [1.807, 2.05) is 0 Å². The van der Waals surface area contributed by atoms with Crippen LogP contribution in [0, 0.1) is 6.92 Å². The number of aliphatic hydroxyl groups excluding tert-OH is 1. The quantitative estimate of drug-likeness (QED) is 0.909. The number of halogens is 2. The fourth-order valence-electron chi connectivity index (χ4n) is 2.49. The fourth-order valence-corrected chi connectivity index (χ4v) is 4.68. The molecule has 118 valence electrons. The summed E-state index contributed by atoms with van der Waals surface area (Å²) in [6.45, 7) is 0.946. The van der Waals surface area contributed by atoms with Gasteiger partial charge in [-0.1, -0.05) is 11.6 Å². The van der Waals surface area contributed by atoms with E-state index in [0.29, 0.717) is 11.3 Å². The van der Waals surface area contributed by atoms with Gasteiger partial charge in [0, 0.05) is 6.54 Å². The third kappa shape index (κ3) is 3.01. The monoisotopic (exact) mass is 337 g/mol. The normalized spacial score (nSPS) is 23.5. The van der Waals surface area contributed by atoms with Gasteiger partial charge in [-0.3, -0.25) is 0 Å². The zero-order valence-corrected chi connectivity index (χ0v) is 13.3. The van der Waals surface area contributed by atoms with Crippen molar-refractivity contribution in [3.63, 3.8) is 0 Å². The van der Waals surface area contributed by atoms with E-state index in [2.05, 4.69) is 0 Å². The molecule has 1 aromatic carbocycles. The van der Waals surface area contributed by atoms with Gasteiger partial charge in [-0.15, -0.1) is 0 Å². The Kier molecular flexibility index (Phi) is 4.77. The van der Waals surface area contributed by atoms with Crippen molar-refractivity contribution in [2.75, 3.05) is 20.3 Å². The van der Waals surface area contributed by atoms with Crippen LogP contribution in [0.2, 0.25) is 5.02 Å². The molecule has 21 heavy (non-hydrogen) atoms. The number of methoxy groups -OCH3 is 1. The molecule has 0 aliphatic carbocycles. The van der Waals surface area contributed by atoms with Gasteiger partial charge in [-0.25, -0.2) is 12.8 Å². The van der Waals surface area contributed by atoms with Gasteiger partial charge in [0.05, 0.1) is 29.7 Å². The second kappa shape index (κ2) is 6.08. The predicted molar refractivity (Wildman–Crippen MR) is 77.0 cm³/mol. The Labute approximate surface area is 128 Å². The minimum Gasteiger partial charge on any atom is -0.495 e. The van der Waals surface area contributed by atoms with E-state index in [-0.39, 0.29) is 22.9 Å². The van der Waals surface area contributed by atoms with Crippen LogP contribution in [0.3, 0.4) is 0 Å². The second-order valence-electron chi connectivity index (χ2n) is 5.00. The van der Waals surface area contributed by atoms with Gasteiger partial charge in [-0.05, 0) is 31.0 Å². The lowest BCUT2D eigenvalue weighted by molar-refractivity contribution is 0.213. The summed E-state index contributed by atoms with van der Waals surface area (Å²) in [7, 11) is -2.48. The highest BCUT2D eigenvalue weighted by Crippen LogP contribution is 2.34. The van der Waals surface area contributed by atoms with Gasteiger partial charge in [-0.2, -0.15) is 4.31 Å². The molecule has 1 aliphatic rings. The van der Waals surface area contributed by atoms with Crippen LogP contribution in [0.25, 0.3) is 0 Å². The van der Waals surface area contributed by atoms with Gasteiger partial charge in [0.2, 0.25) is 10.0 Å². The van der Waals surface area contributed by atoms with Gasteiger partial charge in [0.1, 0.15) is 11.9 Å². The SMILES string of the molecule is COc1cc(C)c(S(=O)(=O)N2C[C@@H](F)C[C@H]2CO)cc1Cl. The highest BCUT2D eigenvalue weighted by Gasteiger charge is 2.40. The van der Waals surface area contributed by atoms with Crippen LogP contribution < -0.4 is 4.74 Å². The summed E-state index contributed by atoms with van der Waals surface area (Å²) in [5, 5.41) is 9.42. The van der Waals surface area contributed by atoms with Crippen LogP contribution in [0.15, 0.2) is 17.0 Å². The van der Waals surface area contributed by atoms with E-state index in [4.69, 9.17) is 16.3 Å². The van der Waals surface area contributed by atoms with Crippen molar-refractivity contribution in [3.8, 4) is 5.75 Å². The molecule has 8 heteroatoms. The molecule has 0 saturated carbocycles. The Morgan fingerprint density at radius 3 is 2.76 bits per heavy atom. The van der Waals surface area contributed by atoms with Crippen molar-refractivity contribution < 1.29 is 22.7 Å². The maximum Gasteiger partial charge on any atom is 0.243 e. The maximum absolute atomic E-state index is 13.5. The molecule has 2 rings (SSSR count). The lowest BCUT2D eigenvalue weighted by Gasteiger charge is -2.23. The first kappa shape index (κ1) is 16.5. The van der Waals surface area contributed by atoms with Crippen molar-refractivity contribution in [1.82, 2.24) is 4.31 Å². The Morgan fingerprint density at radius 1 is 1.52 bits per heavy atom. The predicted octanol–water partition coefficient (Wildman–Crippen LogP) is 1.75. The number of hydrogen-bond acceptors (Lipinski definition) is 4. The number of benzene rings is 1. The molecule has 0 amide bonds. The van der Waals surface area contributed by atoms with E-state index < -0.39 is 28.8 Å². The highest BCUT2D eigenvalue weighted by molar-refractivity contribution is 7.89. The zero-order valence-electron chi connectivity index (χ0n) is 11.7. The molecule has 1 aliphatic heterocycles. The molecular formula is C13H17ClFNO4S. The average molecular weight is 338 g/mol. The number of sulfonamides is 1. The first-order valence-electron chi connectivity index (χ1n) is 6.42. The second-order valence-corrected chi connectivity index (χ2v) is 7.26. The lowest BCUT2D eigenvalue weighted by atomic mass is 10.2. The van der Waals surface area contributed by atoms with Crippen LogP contribution in [-0.4, -0.2) is 50.3 Å². The Balaban J connectivity index is 2.47. The van der Waals surface area contributed by atoms with E-state index in [0.717, 1.165) is 4.31 Å². The number of nitrogens with zero attached hydrogens (tertiary/aromatic N) is 1. The van der Waals surface area contributed by atoms with E-state index in [1.165, 1.54) is 19.2 Å². The minimum absolute atomic E-state index is 0.000787. The van der Waals surface area contributed by atoms with Crippen molar-refractivity contribution in [2.45, 2.75) is 30.5 Å². The lowest BCUT2D eigenvalue weighted by Crippen LogP contribution is -2.38. The van der Waals surface area contributed by atoms with Crippen molar-refractivity contribution in [2.24, 2.45) is 0 Å². The van der Waals surface area contributed by atoms with Crippen LogP contribution >= 0.6 is 11.6 Å². The zero-order chi connectivity index (χ0) is 15.8. The molecule has 2 atom stereocenters. The van der Waals surface area contributed by atoms with Crippen molar-refractivity contribution >= 4 is 21.6 Å². The molecule has 0 spiro atoms. The summed E-state index contributed by atoms with van der Waals surface area (Å²) in [6, 6.07) is 2.07. The summed E-state index contributed by atoms with van der Waals surface area (Å²) in [5.41, 5.74) is 0.454. The standard InChI is InChI=1S/C13H17ClFNO4S/c1-8-3-12(20-2)11(14)5-13(8)21(18,19)16-6-9(15)4-10(16)7-17/h3,5,9-10,17H,4,6-7H2,1-2H3/t9-,10-/m0/s1. The van der Waals surface area contributed by atoms with Gasteiger partial charge in [0.15, 0.2) is 0 Å². The summed E-state index contributed by atoms with van der Waals surface area (Å²) >= 11 is 5.98. The molecule has 0 radical (unpaired) electrons. The molecule has 0 unspecified atom stereocenters. The van der Waals surface area contributed by atoms with Crippen molar-refractivity contribution in [3.05, 3.63) is 22.7 Å². The molecule has 0 aromatic heterocycles. The summed E-state index contributed by atoms with van der Waals surface area (Å²) in [4.78, 5) is 0.000787. The summed E-state index contributed by atoms with van der Waals surface area (Å²) in [6.07, 6.45) is -1.27. The number of aryl methyl sites for hydroxylation is 1. The number of alkyl halides is 1. The summed E-state index contributed by atoms with van der Waals surface area (Å²) in [5.74, 6) is 0.372. The van der Waals surface area contributed by atoms with E-state index >= 15 is 0 Å². The van der Waals surface area contributed by atoms with E-state index in [1.54, 1.807) is 6.92 Å². The van der Waals surface area contributed by atoms with Crippen molar-refractivity contribution in [1.29, 1.82) is 0 Å². The first-order valence-corrected chi connectivity index (χ1v) is 8.24. The number of rotatable bonds is 4. The Hall–Kier alpha value is -0.890. The molecule has 1 saturated heterocycles. The minimum atomic E-state index is -3.92. The Morgan fingerprint density at radius 2 is 2.19 bits per heavy atom. The van der Waals surface area contributed by atoms with Gasteiger partial charge < -0.3 is 9.84 Å². The smallest absolute Gasteiger partial charge is 0.243 e. The molecule has 1 N–H and O–H groups in total. The van der Waals surface area contributed by atoms with Crippen LogP contribution in [0.5, 0.6) is 5.75 Å². The van der Waals surface area contributed by atoms with Crippen LogP contribution in [-0.2, 0) is 10.0 Å². The molecule has 1 fully saturated rings. The summed E-state index contributed by atoms with van der Waals surface area (Å²) < 4.78 is 44.9. The Bertz CT molecular complexity index is 637. The topological polar surface area (TPSA) is 66.8 Å². The third-order valence-electron chi connectivity index (χ3n) is 3.56. The third-order valence-corrected chi connectivity index (χ3v) is 5.92. The van der Waals surface area contributed by atoms with Crippen LogP contribution in [0.4, 0.5) is 4.39 Å². The fraction of sp³-hybridized carbons (Fsp3) is 0.538. The molecule has 5 nitrogen and oxygen atoms in total. The number of hydrogen-bond donors (Lipinski definition) is 1. The molecule has 1 heterocycles. The van der Waals surface area contributed by atoms with Crippen LogP contribution in [0.1, 0.15) is 12.0 Å². The number of aliphatic hydroxyl groups is 1. The largest absolute Gasteiger partial charge is 0.495 e. The van der Waals surface area contributed by atoms with E-state index in [9.17, 15) is 17.9 Å². The highest BCUT2D eigenvalue weighted by atomic mass is 35.5. The molecular weight excluding hydrogens is 321 g/mol.